The number of benzene rings is 2. The second kappa shape index (κ2) is 10.8. The zero-order valence-corrected chi connectivity index (χ0v) is 18.3. The minimum Gasteiger partial charge on any atom is -0.497 e. The van der Waals surface area contributed by atoms with Crippen molar-refractivity contribution in [2.75, 3.05) is 7.11 Å². The van der Waals surface area contributed by atoms with Crippen molar-refractivity contribution in [2.45, 2.75) is 45.9 Å². The summed E-state index contributed by atoms with van der Waals surface area (Å²) in [5.41, 5.74) is 2.04. The van der Waals surface area contributed by atoms with Gasteiger partial charge in [0.25, 0.3) is 5.91 Å². The molecule has 3 aromatic rings. The highest BCUT2D eigenvalue weighted by Gasteiger charge is 2.18. The first-order valence-electron chi connectivity index (χ1n) is 10.6. The molecule has 31 heavy (non-hydrogen) atoms. The number of hydrogen-bond acceptors (Lipinski definition) is 3. The van der Waals surface area contributed by atoms with E-state index in [1.807, 2.05) is 50.2 Å². The quantitative estimate of drug-likeness (QED) is 0.520. The average molecular weight is 426 g/mol. The Kier molecular flexibility index (Phi) is 7.84. The fraction of sp³-hybridized carbons (Fsp3) is 0.320. The maximum atomic E-state index is 13.7. The predicted octanol–water partition coefficient (Wildman–Crippen LogP) is 3.74. The standard InChI is InChI=1S/C25H29FN2O3/c1-4-18(2)27-25(29)24-13-12-23(31-24)17-28(16-20-6-5-7-21(26)14-20)15-19-8-10-22(30-3)11-9-19/h5-14,18H,4,15-17H2,1-3H3,(H,27,29)/p+1/t18-/m0/s1. The van der Waals surface area contributed by atoms with E-state index in [-0.39, 0.29) is 17.8 Å². The van der Waals surface area contributed by atoms with Crippen LogP contribution in [0.2, 0.25) is 0 Å². The van der Waals surface area contributed by atoms with Crippen molar-refractivity contribution in [3.05, 3.63) is 89.1 Å². The SMILES string of the molecule is CC[C@H](C)NC(=O)c1ccc(C[NH+](Cc2ccc(OC)cc2)Cc2cccc(F)c2)o1. The Morgan fingerprint density at radius 2 is 1.81 bits per heavy atom. The number of carbonyl (C=O) groups is 1. The minimum absolute atomic E-state index is 0.0891. The molecule has 1 heterocycles. The van der Waals surface area contributed by atoms with Crippen LogP contribution in [0.3, 0.4) is 0 Å². The lowest BCUT2D eigenvalue weighted by molar-refractivity contribution is -0.942. The summed E-state index contributed by atoms with van der Waals surface area (Å²) in [6, 6.07) is 18.2. The topological polar surface area (TPSA) is 55.9 Å². The van der Waals surface area contributed by atoms with Crippen molar-refractivity contribution in [3.8, 4) is 5.75 Å². The van der Waals surface area contributed by atoms with Crippen LogP contribution in [0.25, 0.3) is 0 Å². The average Bonchev–Trinajstić information content (AvgIpc) is 3.23. The maximum absolute atomic E-state index is 13.7. The summed E-state index contributed by atoms with van der Waals surface area (Å²) in [6.45, 7) is 5.89. The number of carbonyl (C=O) groups excluding carboxylic acids is 1. The summed E-state index contributed by atoms with van der Waals surface area (Å²) in [4.78, 5) is 13.5. The molecule has 164 valence electrons. The molecule has 0 bridgehead atoms. The van der Waals surface area contributed by atoms with Crippen LogP contribution in [0.1, 0.15) is 47.7 Å². The molecule has 0 saturated heterocycles. The zero-order chi connectivity index (χ0) is 22.2. The normalized spacial score (nSPS) is 12.9. The van der Waals surface area contributed by atoms with Gasteiger partial charge in [-0.2, -0.15) is 0 Å². The number of amides is 1. The molecule has 3 rings (SSSR count). The number of nitrogens with one attached hydrogen (secondary N) is 2. The first-order valence-corrected chi connectivity index (χ1v) is 10.6. The molecular weight excluding hydrogens is 395 g/mol. The highest BCUT2D eigenvalue weighted by Crippen LogP contribution is 2.12. The molecule has 2 aromatic carbocycles. The Balaban J connectivity index is 1.75. The highest BCUT2D eigenvalue weighted by atomic mass is 19.1. The zero-order valence-electron chi connectivity index (χ0n) is 18.3. The van der Waals surface area contributed by atoms with Gasteiger partial charge in [0.1, 0.15) is 31.2 Å². The van der Waals surface area contributed by atoms with Gasteiger partial charge in [-0.1, -0.05) is 19.1 Å². The largest absolute Gasteiger partial charge is 0.497 e. The van der Waals surface area contributed by atoms with E-state index >= 15 is 0 Å². The van der Waals surface area contributed by atoms with Gasteiger partial charge in [-0.25, -0.2) is 4.39 Å². The third-order valence-electron chi connectivity index (χ3n) is 5.26. The maximum Gasteiger partial charge on any atom is 0.287 e. The molecule has 2 atom stereocenters. The molecule has 0 radical (unpaired) electrons. The molecule has 0 spiro atoms. The van der Waals surface area contributed by atoms with Gasteiger partial charge < -0.3 is 19.4 Å². The first-order chi connectivity index (χ1) is 15.0. The Bertz CT molecular complexity index is 984. The second-order valence-electron chi connectivity index (χ2n) is 7.81. The number of methoxy groups -OCH3 is 1. The van der Waals surface area contributed by atoms with Crippen LogP contribution in [0, 0.1) is 5.82 Å². The van der Waals surface area contributed by atoms with E-state index < -0.39 is 0 Å². The van der Waals surface area contributed by atoms with Crippen molar-refractivity contribution in [1.29, 1.82) is 0 Å². The summed E-state index contributed by atoms with van der Waals surface area (Å²) >= 11 is 0. The molecule has 0 saturated carbocycles. The van der Waals surface area contributed by atoms with Gasteiger partial charge in [-0.3, -0.25) is 4.79 Å². The number of hydrogen-bond donors (Lipinski definition) is 2. The number of ether oxygens (including phenoxy) is 1. The van der Waals surface area contributed by atoms with E-state index in [0.717, 1.165) is 29.8 Å². The van der Waals surface area contributed by atoms with Gasteiger partial charge in [0.05, 0.1) is 7.11 Å². The smallest absolute Gasteiger partial charge is 0.287 e. The highest BCUT2D eigenvalue weighted by molar-refractivity contribution is 5.91. The fourth-order valence-corrected chi connectivity index (χ4v) is 3.39. The van der Waals surface area contributed by atoms with E-state index in [0.29, 0.717) is 24.6 Å². The molecule has 1 amide bonds. The van der Waals surface area contributed by atoms with Crippen LogP contribution in [0.4, 0.5) is 4.39 Å². The van der Waals surface area contributed by atoms with Gasteiger partial charge in [-0.05, 0) is 61.9 Å². The molecule has 6 heteroatoms. The number of quaternary nitrogens is 1. The van der Waals surface area contributed by atoms with E-state index in [4.69, 9.17) is 9.15 Å². The van der Waals surface area contributed by atoms with E-state index in [2.05, 4.69) is 5.32 Å². The summed E-state index contributed by atoms with van der Waals surface area (Å²) in [6.07, 6.45) is 0.854. The van der Waals surface area contributed by atoms with E-state index in [1.54, 1.807) is 25.3 Å². The van der Waals surface area contributed by atoms with Gasteiger partial charge in [0.2, 0.25) is 0 Å². The third-order valence-corrected chi connectivity index (χ3v) is 5.26. The predicted molar refractivity (Wildman–Crippen MR) is 117 cm³/mol. The lowest BCUT2D eigenvalue weighted by Crippen LogP contribution is -3.08. The summed E-state index contributed by atoms with van der Waals surface area (Å²) in [5.74, 6) is 1.38. The third kappa shape index (κ3) is 6.69. The van der Waals surface area contributed by atoms with E-state index in [9.17, 15) is 9.18 Å². The molecule has 0 aliphatic carbocycles. The molecular formula is C25H30FN2O3+. The molecule has 2 N–H and O–H groups in total. The van der Waals surface area contributed by atoms with Gasteiger partial charge in [0, 0.05) is 17.2 Å². The lowest BCUT2D eigenvalue weighted by Gasteiger charge is -2.19. The first kappa shape index (κ1) is 22.6. The fourth-order valence-electron chi connectivity index (χ4n) is 3.39. The lowest BCUT2D eigenvalue weighted by atomic mass is 10.1. The number of rotatable bonds is 10. The Labute approximate surface area is 182 Å². The Morgan fingerprint density at radius 1 is 1.06 bits per heavy atom. The van der Waals surface area contributed by atoms with Crippen molar-refractivity contribution >= 4 is 5.91 Å². The number of furan rings is 1. The van der Waals surface area contributed by atoms with Crippen LogP contribution in [0.5, 0.6) is 5.75 Å². The molecule has 0 fully saturated rings. The summed E-state index contributed by atoms with van der Waals surface area (Å²) in [5, 5.41) is 2.92. The van der Waals surface area contributed by atoms with Crippen molar-refractivity contribution < 1.29 is 23.2 Å². The molecule has 5 nitrogen and oxygen atoms in total. The Hall–Kier alpha value is -3.12. The van der Waals surface area contributed by atoms with Gasteiger partial charge in [-0.15, -0.1) is 0 Å². The van der Waals surface area contributed by atoms with Crippen molar-refractivity contribution in [1.82, 2.24) is 5.32 Å². The number of halogens is 1. The summed E-state index contributed by atoms with van der Waals surface area (Å²) in [7, 11) is 1.64. The monoisotopic (exact) mass is 425 g/mol. The van der Waals surface area contributed by atoms with Crippen molar-refractivity contribution in [2.24, 2.45) is 0 Å². The Morgan fingerprint density at radius 3 is 2.48 bits per heavy atom. The second-order valence-corrected chi connectivity index (χ2v) is 7.81. The van der Waals surface area contributed by atoms with Crippen LogP contribution in [0.15, 0.2) is 65.1 Å². The molecule has 0 aliphatic heterocycles. The molecule has 1 unspecified atom stereocenters. The van der Waals surface area contributed by atoms with Crippen LogP contribution in [-0.4, -0.2) is 19.1 Å². The summed E-state index contributed by atoms with van der Waals surface area (Å²) < 4.78 is 24.8. The van der Waals surface area contributed by atoms with Crippen LogP contribution < -0.4 is 15.0 Å². The molecule has 1 aromatic heterocycles. The van der Waals surface area contributed by atoms with Crippen LogP contribution in [-0.2, 0) is 19.6 Å². The minimum atomic E-state index is -0.247. The van der Waals surface area contributed by atoms with Gasteiger partial charge in [0.15, 0.2) is 11.5 Å². The van der Waals surface area contributed by atoms with Crippen LogP contribution >= 0.6 is 0 Å². The van der Waals surface area contributed by atoms with E-state index in [1.165, 1.54) is 11.0 Å². The molecule has 0 aliphatic rings. The van der Waals surface area contributed by atoms with Gasteiger partial charge >= 0.3 is 0 Å². The van der Waals surface area contributed by atoms with Crippen molar-refractivity contribution in [3.63, 3.8) is 0 Å².